The third-order valence-electron chi connectivity index (χ3n) is 4.47. The van der Waals surface area contributed by atoms with Gasteiger partial charge in [0.2, 0.25) is 5.91 Å². The van der Waals surface area contributed by atoms with Crippen molar-refractivity contribution >= 4 is 5.91 Å². The van der Waals surface area contributed by atoms with Crippen molar-refractivity contribution in [1.82, 2.24) is 10.2 Å². The summed E-state index contributed by atoms with van der Waals surface area (Å²) in [6.45, 7) is 4.60. The van der Waals surface area contributed by atoms with E-state index in [9.17, 15) is 4.79 Å². The van der Waals surface area contributed by atoms with Crippen LogP contribution in [0.25, 0.3) is 0 Å². The van der Waals surface area contributed by atoms with Gasteiger partial charge < -0.3 is 19.5 Å². The standard InChI is InChI=1S/C22H28N2O4/c25-22(18-26-13-14-28-20-9-5-2-6-10-20)23-15-21-17-24(11-12-27-21)16-19-7-3-1-4-8-19/h1-10,21H,11-18H2,(H,23,25). The number of benzene rings is 2. The number of hydrogen-bond acceptors (Lipinski definition) is 5. The molecule has 1 saturated heterocycles. The van der Waals surface area contributed by atoms with Gasteiger partial charge in [-0.1, -0.05) is 48.5 Å². The van der Waals surface area contributed by atoms with Crippen LogP contribution in [0.2, 0.25) is 0 Å². The lowest BCUT2D eigenvalue weighted by molar-refractivity contribution is -0.127. The zero-order valence-electron chi connectivity index (χ0n) is 16.1. The van der Waals surface area contributed by atoms with Gasteiger partial charge >= 0.3 is 0 Å². The molecule has 1 aliphatic heterocycles. The SMILES string of the molecule is O=C(COCCOc1ccccc1)NCC1CN(Cc2ccccc2)CCO1. The first-order valence-corrected chi connectivity index (χ1v) is 9.70. The quantitative estimate of drug-likeness (QED) is 0.636. The number of nitrogens with one attached hydrogen (secondary N) is 1. The van der Waals surface area contributed by atoms with Gasteiger partial charge in [0.1, 0.15) is 19.0 Å². The molecule has 1 amide bonds. The van der Waals surface area contributed by atoms with E-state index in [0.29, 0.717) is 26.4 Å². The molecule has 150 valence electrons. The summed E-state index contributed by atoms with van der Waals surface area (Å²) >= 11 is 0. The van der Waals surface area contributed by atoms with Crippen molar-refractivity contribution in [2.75, 3.05) is 46.1 Å². The van der Waals surface area contributed by atoms with E-state index in [1.54, 1.807) is 0 Å². The Kier molecular flexibility index (Phi) is 8.30. The normalized spacial score (nSPS) is 17.2. The Balaban J connectivity index is 1.26. The first kappa shape index (κ1) is 20.3. The molecule has 0 aliphatic carbocycles. The molecule has 1 aliphatic rings. The first-order valence-electron chi connectivity index (χ1n) is 9.70. The Morgan fingerprint density at radius 1 is 1.07 bits per heavy atom. The summed E-state index contributed by atoms with van der Waals surface area (Å²) in [6, 6.07) is 19.9. The maximum Gasteiger partial charge on any atom is 0.246 e. The Morgan fingerprint density at radius 3 is 2.61 bits per heavy atom. The molecule has 0 aromatic heterocycles. The zero-order chi connectivity index (χ0) is 19.4. The number of nitrogens with zero attached hydrogens (tertiary/aromatic N) is 1. The van der Waals surface area contributed by atoms with Crippen LogP contribution in [0.3, 0.4) is 0 Å². The minimum absolute atomic E-state index is 0.00262. The molecule has 0 radical (unpaired) electrons. The fourth-order valence-electron chi connectivity index (χ4n) is 3.07. The molecule has 0 saturated carbocycles. The van der Waals surface area contributed by atoms with Gasteiger partial charge in [-0.3, -0.25) is 9.69 Å². The molecule has 6 heteroatoms. The van der Waals surface area contributed by atoms with Crippen LogP contribution < -0.4 is 10.1 Å². The number of ether oxygens (including phenoxy) is 3. The molecule has 1 heterocycles. The van der Waals surface area contributed by atoms with Gasteiger partial charge in [-0.05, 0) is 17.7 Å². The molecule has 6 nitrogen and oxygen atoms in total. The fourth-order valence-corrected chi connectivity index (χ4v) is 3.07. The van der Waals surface area contributed by atoms with Crippen LogP contribution in [0.1, 0.15) is 5.56 Å². The van der Waals surface area contributed by atoms with Gasteiger partial charge in [0.25, 0.3) is 0 Å². The van der Waals surface area contributed by atoms with Crippen molar-refractivity contribution in [2.45, 2.75) is 12.6 Å². The van der Waals surface area contributed by atoms with Gasteiger partial charge in [-0.2, -0.15) is 0 Å². The number of morpholine rings is 1. The van der Waals surface area contributed by atoms with E-state index in [4.69, 9.17) is 14.2 Å². The first-order chi connectivity index (χ1) is 13.8. The van der Waals surface area contributed by atoms with E-state index in [0.717, 1.165) is 25.4 Å². The summed E-state index contributed by atoms with van der Waals surface area (Å²) in [4.78, 5) is 14.3. The molecule has 28 heavy (non-hydrogen) atoms. The average molecular weight is 384 g/mol. The second-order valence-corrected chi connectivity index (χ2v) is 6.73. The summed E-state index contributed by atoms with van der Waals surface area (Å²) in [5.41, 5.74) is 1.29. The molecular formula is C22H28N2O4. The summed E-state index contributed by atoms with van der Waals surface area (Å²) in [7, 11) is 0. The number of hydrogen-bond donors (Lipinski definition) is 1. The molecule has 1 fully saturated rings. The van der Waals surface area contributed by atoms with Gasteiger partial charge in [-0.15, -0.1) is 0 Å². The molecule has 2 aromatic carbocycles. The highest BCUT2D eigenvalue weighted by atomic mass is 16.5. The lowest BCUT2D eigenvalue weighted by atomic mass is 10.2. The fraction of sp³-hybridized carbons (Fsp3) is 0.409. The average Bonchev–Trinajstić information content (AvgIpc) is 2.74. The van der Waals surface area contributed by atoms with Crippen LogP contribution in [0.5, 0.6) is 5.75 Å². The molecule has 1 atom stereocenters. The van der Waals surface area contributed by atoms with E-state index in [1.165, 1.54) is 5.56 Å². The van der Waals surface area contributed by atoms with Gasteiger partial charge in [0, 0.05) is 26.2 Å². The molecule has 3 rings (SSSR count). The van der Waals surface area contributed by atoms with Crippen LogP contribution in [0.4, 0.5) is 0 Å². The number of carbonyl (C=O) groups is 1. The van der Waals surface area contributed by atoms with Crippen molar-refractivity contribution in [2.24, 2.45) is 0 Å². The Morgan fingerprint density at radius 2 is 1.82 bits per heavy atom. The summed E-state index contributed by atoms with van der Waals surface area (Å²) in [6.07, 6.45) is 0.00262. The lowest BCUT2D eigenvalue weighted by Crippen LogP contribution is -2.47. The van der Waals surface area contributed by atoms with Crippen LogP contribution in [-0.2, 0) is 20.8 Å². The van der Waals surface area contributed by atoms with Crippen molar-refractivity contribution in [3.63, 3.8) is 0 Å². The second kappa shape index (κ2) is 11.4. The Labute approximate surface area is 166 Å². The van der Waals surface area contributed by atoms with Gasteiger partial charge in [-0.25, -0.2) is 0 Å². The molecule has 0 spiro atoms. The maximum absolute atomic E-state index is 11.9. The number of carbonyl (C=O) groups excluding carboxylic acids is 1. The minimum atomic E-state index is -0.136. The van der Waals surface area contributed by atoms with E-state index in [1.807, 2.05) is 36.4 Å². The summed E-state index contributed by atoms with van der Waals surface area (Å²) in [5, 5.41) is 2.89. The van der Waals surface area contributed by atoms with Crippen molar-refractivity contribution in [1.29, 1.82) is 0 Å². The lowest BCUT2D eigenvalue weighted by Gasteiger charge is -2.33. The van der Waals surface area contributed by atoms with Crippen LogP contribution in [-0.4, -0.2) is 63.0 Å². The van der Waals surface area contributed by atoms with Crippen molar-refractivity contribution in [3.8, 4) is 5.75 Å². The van der Waals surface area contributed by atoms with E-state index in [2.05, 4.69) is 34.5 Å². The van der Waals surface area contributed by atoms with Crippen molar-refractivity contribution in [3.05, 3.63) is 66.2 Å². The Bertz CT molecular complexity index is 696. The highest BCUT2D eigenvalue weighted by Gasteiger charge is 2.21. The highest BCUT2D eigenvalue weighted by Crippen LogP contribution is 2.10. The summed E-state index contributed by atoms with van der Waals surface area (Å²) in [5.74, 6) is 0.661. The predicted octanol–water partition coefficient (Wildman–Crippen LogP) is 2.10. The second-order valence-electron chi connectivity index (χ2n) is 6.73. The van der Waals surface area contributed by atoms with Gasteiger partial charge in [0.05, 0.1) is 19.3 Å². The Hall–Kier alpha value is -2.41. The topological polar surface area (TPSA) is 60.0 Å². The third-order valence-corrected chi connectivity index (χ3v) is 4.47. The van der Waals surface area contributed by atoms with Crippen molar-refractivity contribution < 1.29 is 19.0 Å². The highest BCUT2D eigenvalue weighted by molar-refractivity contribution is 5.77. The number of rotatable bonds is 10. The van der Waals surface area contributed by atoms with Crippen LogP contribution in [0.15, 0.2) is 60.7 Å². The van der Waals surface area contributed by atoms with Crippen LogP contribution >= 0.6 is 0 Å². The smallest absolute Gasteiger partial charge is 0.246 e. The predicted molar refractivity (Wildman–Crippen MR) is 107 cm³/mol. The van der Waals surface area contributed by atoms with E-state index in [-0.39, 0.29) is 18.6 Å². The molecule has 0 bridgehead atoms. The zero-order valence-corrected chi connectivity index (χ0v) is 16.1. The monoisotopic (exact) mass is 384 g/mol. The van der Waals surface area contributed by atoms with E-state index >= 15 is 0 Å². The third kappa shape index (κ3) is 7.31. The molecule has 1 unspecified atom stereocenters. The minimum Gasteiger partial charge on any atom is -0.491 e. The van der Waals surface area contributed by atoms with Gasteiger partial charge in [0.15, 0.2) is 0 Å². The van der Waals surface area contributed by atoms with E-state index < -0.39 is 0 Å². The number of amides is 1. The number of para-hydroxylation sites is 1. The van der Waals surface area contributed by atoms with Crippen LogP contribution in [0, 0.1) is 0 Å². The summed E-state index contributed by atoms with van der Waals surface area (Å²) < 4.78 is 16.7. The maximum atomic E-state index is 11.9. The molecular weight excluding hydrogens is 356 g/mol. The molecule has 1 N–H and O–H groups in total. The molecule has 2 aromatic rings. The largest absolute Gasteiger partial charge is 0.491 e.